The summed E-state index contributed by atoms with van der Waals surface area (Å²) in [5.41, 5.74) is 6.97. The molecule has 4 heteroatoms. The molecule has 0 atom stereocenters. The predicted molar refractivity (Wildman–Crippen MR) is 55.9 cm³/mol. The fraction of sp³-hybridized carbons (Fsp3) is 0.400. The van der Waals surface area contributed by atoms with E-state index in [-0.39, 0.29) is 5.91 Å². The zero-order valence-corrected chi connectivity index (χ0v) is 8.29. The van der Waals surface area contributed by atoms with Crippen LogP contribution in [0.1, 0.15) is 18.5 Å². The van der Waals surface area contributed by atoms with E-state index in [0.717, 1.165) is 11.4 Å². The summed E-state index contributed by atoms with van der Waals surface area (Å²) in [7, 11) is 0. The SMILES string of the molecule is Cc1ccc(NC(=O)CCCN)cn1. The molecule has 1 aromatic rings. The number of hydrogen-bond donors (Lipinski definition) is 2. The van der Waals surface area contributed by atoms with Crippen LogP contribution in [0.5, 0.6) is 0 Å². The number of aryl methyl sites for hydroxylation is 1. The van der Waals surface area contributed by atoms with Gasteiger partial charge in [-0.3, -0.25) is 9.78 Å². The van der Waals surface area contributed by atoms with Gasteiger partial charge < -0.3 is 11.1 Å². The van der Waals surface area contributed by atoms with Crippen LogP contribution in [0.4, 0.5) is 5.69 Å². The minimum atomic E-state index is -0.0129. The normalized spacial score (nSPS) is 9.86. The maximum absolute atomic E-state index is 11.3. The first-order valence-electron chi connectivity index (χ1n) is 4.65. The molecule has 1 aromatic heterocycles. The summed E-state index contributed by atoms with van der Waals surface area (Å²) in [4.78, 5) is 15.3. The van der Waals surface area contributed by atoms with E-state index < -0.39 is 0 Å². The van der Waals surface area contributed by atoms with E-state index in [4.69, 9.17) is 5.73 Å². The molecule has 0 radical (unpaired) electrons. The van der Waals surface area contributed by atoms with Gasteiger partial charge in [0, 0.05) is 12.1 Å². The van der Waals surface area contributed by atoms with Crippen LogP contribution >= 0.6 is 0 Å². The van der Waals surface area contributed by atoms with Gasteiger partial charge in [-0.05, 0) is 32.0 Å². The summed E-state index contributed by atoms with van der Waals surface area (Å²) in [5.74, 6) is -0.0129. The van der Waals surface area contributed by atoms with E-state index in [0.29, 0.717) is 19.4 Å². The Morgan fingerprint density at radius 2 is 2.36 bits per heavy atom. The van der Waals surface area contributed by atoms with Gasteiger partial charge >= 0.3 is 0 Å². The number of carbonyl (C=O) groups is 1. The third-order valence-corrected chi connectivity index (χ3v) is 1.80. The van der Waals surface area contributed by atoms with Crippen LogP contribution in [-0.4, -0.2) is 17.4 Å². The number of nitrogens with two attached hydrogens (primary N) is 1. The molecule has 0 aromatic carbocycles. The number of pyridine rings is 1. The average Bonchev–Trinajstić information content (AvgIpc) is 2.18. The van der Waals surface area contributed by atoms with E-state index in [1.807, 2.05) is 19.1 Å². The molecule has 1 heterocycles. The maximum Gasteiger partial charge on any atom is 0.224 e. The minimum absolute atomic E-state index is 0.0129. The smallest absolute Gasteiger partial charge is 0.224 e. The third kappa shape index (κ3) is 3.53. The molecule has 1 rings (SSSR count). The number of carbonyl (C=O) groups excluding carboxylic acids is 1. The van der Waals surface area contributed by atoms with Crippen molar-refractivity contribution in [3.05, 3.63) is 24.0 Å². The molecule has 0 fully saturated rings. The van der Waals surface area contributed by atoms with Crippen LogP contribution < -0.4 is 11.1 Å². The largest absolute Gasteiger partial charge is 0.330 e. The van der Waals surface area contributed by atoms with E-state index in [2.05, 4.69) is 10.3 Å². The number of anilines is 1. The van der Waals surface area contributed by atoms with E-state index in [1.54, 1.807) is 6.20 Å². The highest BCUT2D eigenvalue weighted by Crippen LogP contribution is 2.05. The molecular formula is C10H15N3O. The Morgan fingerprint density at radius 1 is 1.57 bits per heavy atom. The van der Waals surface area contributed by atoms with E-state index in [1.165, 1.54) is 0 Å². The number of aromatic nitrogens is 1. The third-order valence-electron chi connectivity index (χ3n) is 1.80. The van der Waals surface area contributed by atoms with Crippen LogP contribution in [0.2, 0.25) is 0 Å². The van der Waals surface area contributed by atoms with Gasteiger partial charge in [0.25, 0.3) is 0 Å². The molecule has 0 spiro atoms. The van der Waals surface area contributed by atoms with Crippen molar-refractivity contribution in [2.45, 2.75) is 19.8 Å². The first kappa shape index (κ1) is 10.7. The molecule has 0 aliphatic rings. The molecule has 0 saturated heterocycles. The van der Waals surface area contributed by atoms with Gasteiger partial charge in [-0.2, -0.15) is 0 Å². The minimum Gasteiger partial charge on any atom is -0.330 e. The van der Waals surface area contributed by atoms with Gasteiger partial charge in [0.15, 0.2) is 0 Å². The Balaban J connectivity index is 2.44. The first-order valence-corrected chi connectivity index (χ1v) is 4.65. The number of rotatable bonds is 4. The summed E-state index contributed by atoms with van der Waals surface area (Å²) in [6.07, 6.45) is 2.82. The molecule has 0 bridgehead atoms. The van der Waals surface area contributed by atoms with Crippen LogP contribution in [0.3, 0.4) is 0 Å². The highest BCUT2D eigenvalue weighted by Gasteiger charge is 2.00. The molecule has 76 valence electrons. The van der Waals surface area contributed by atoms with Crippen LogP contribution in [0, 0.1) is 6.92 Å². The summed E-state index contributed by atoms with van der Waals surface area (Å²) >= 11 is 0. The second-order valence-corrected chi connectivity index (χ2v) is 3.13. The topological polar surface area (TPSA) is 68.0 Å². The second kappa shape index (κ2) is 5.34. The number of amides is 1. The molecule has 14 heavy (non-hydrogen) atoms. The first-order chi connectivity index (χ1) is 6.72. The lowest BCUT2D eigenvalue weighted by Crippen LogP contribution is -2.13. The van der Waals surface area contributed by atoms with Crippen LogP contribution in [-0.2, 0) is 4.79 Å². The van der Waals surface area contributed by atoms with Crippen molar-refractivity contribution in [2.24, 2.45) is 5.73 Å². The Bertz CT molecular complexity index is 295. The summed E-state index contributed by atoms with van der Waals surface area (Å²) < 4.78 is 0. The van der Waals surface area contributed by atoms with Crippen molar-refractivity contribution in [3.63, 3.8) is 0 Å². The fourth-order valence-corrected chi connectivity index (χ4v) is 1.03. The van der Waals surface area contributed by atoms with Crippen LogP contribution in [0.25, 0.3) is 0 Å². The lowest BCUT2D eigenvalue weighted by atomic mass is 10.3. The Morgan fingerprint density at radius 3 is 2.93 bits per heavy atom. The molecule has 0 saturated carbocycles. The number of nitrogens with zero attached hydrogens (tertiary/aromatic N) is 1. The lowest BCUT2D eigenvalue weighted by Gasteiger charge is -2.03. The van der Waals surface area contributed by atoms with Crippen LogP contribution in [0.15, 0.2) is 18.3 Å². The fourth-order valence-electron chi connectivity index (χ4n) is 1.03. The molecule has 0 aliphatic carbocycles. The molecule has 3 N–H and O–H groups in total. The zero-order chi connectivity index (χ0) is 10.4. The highest BCUT2D eigenvalue weighted by atomic mass is 16.1. The standard InChI is InChI=1S/C10H15N3O/c1-8-4-5-9(7-12-8)13-10(14)3-2-6-11/h4-5,7H,2-3,6,11H2,1H3,(H,13,14). The molecule has 0 unspecified atom stereocenters. The van der Waals surface area contributed by atoms with Gasteiger partial charge in [-0.15, -0.1) is 0 Å². The Kier molecular flexibility index (Phi) is 4.07. The highest BCUT2D eigenvalue weighted by molar-refractivity contribution is 5.90. The molecule has 4 nitrogen and oxygen atoms in total. The monoisotopic (exact) mass is 193 g/mol. The van der Waals surface area contributed by atoms with Crippen molar-refractivity contribution in [2.75, 3.05) is 11.9 Å². The predicted octanol–water partition coefficient (Wildman–Crippen LogP) is 1.07. The molecular weight excluding hydrogens is 178 g/mol. The zero-order valence-electron chi connectivity index (χ0n) is 8.29. The number of nitrogens with one attached hydrogen (secondary N) is 1. The summed E-state index contributed by atoms with van der Waals surface area (Å²) in [6, 6.07) is 3.70. The average molecular weight is 193 g/mol. The van der Waals surface area contributed by atoms with Crippen molar-refractivity contribution < 1.29 is 4.79 Å². The van der Waals surface area contributed by atoms with E-state index in [9.17, 15) is 4.79 Å². The van der Waals surface area contributed by atoms with Gasteiger partial charge in [0.05, 0.1) is 11.9 Å². The number of hydrogen-bond acceptors (Lipinski definition) is 3. The lowest BCUT2D eigenvalue weighted by molar-refractivity contribution is -0.116. The van der Waals surface area contributed by atoms with Crippen molar-refractivity contribution in [1.29, 1.82) is 0 Å². The summed E-state index contributed by atoms with van der Waals surface area (Å²) in [6.45, 7) is 2.44. The van der Waals surface area contributed by atoms with Crippen molar-refractivity contribution >= 4 is 11.6 Å². The second-order valence-electron chi connectivity index (χ2n) is 3.13. The van der Waals surface area contributed by atoms with Gasteiger partial charge in [-0.1, -0.05) is 0 Å². The van der Waals surface area contributed by atoms with Gasteiger partial charge in [-0.25, -0.2) is 0 Å². The maximum atomic E-state index is 11.3. The van der Waals surface area contributed by atoms with Gasteiger partial charge in [0.1, 0.15) is 0 Å². The van der Waals surface area contributed by atoms with Gasteiger partial charge in [0.2, 0.25) is 5.91 Å². The molecule has 0 aliphatic heterocycles. The summed E-state index contributed by atoms with van der Waals surface area (Å²) in [5, 5.41) is 2.75. The Labute approximate surface area is 83.5 Å². The van der Waals surface area contributed by atoms with Crippen molar-refractivity contribution in [1.82, 2.24) is 4.98 Å². The Hall–Kier alpha value is -1.42. The quantitative estimate of drug-likeness (QED) is 0.751. The van der Waals surface area contributed by atoms with Crippen molar-refractivity contribution in [3.8, 4) is 0 Å². The van der Waals surface area contributed by atoms with E-state index >= 15 is 0 Å². The molecule has 1 amide bonds.